The Kier molecular flexibility index (Phi) is 6.75. The Labute approximate surface area is 171 Å². The number of carbonyl (C=O) groups is 2. The highest BCUT2D eigenvalue weighted by atomic mass is 16.5. The monoisotopic (exact) mass is 396 g/mol. The summed E-state index contributed by atoms with van der Waals surface area (Å²) in [5, 5.41) is 2.89. The normalized spacial score (nSPS) is 13.7. The molecule has 6 heteroatoms. The van der Waals surface area contributed by atoms with E-state index >= 15 is 0 Å². The van der Waals surface area contributed by atoms with Crippen LogP contribution < -0.4 is 14.8 Å². The van der Waals surface area contributed by atoms with E-state index in [1.165, 1.54) is 14.2 Å². The molecule has 0 unspecified atom stereocenters. The van der Waals surface area contributed by atoms with Gasteiger partial charge in [-0.05, 0) is 49.4 Å². The van der Waals surface area contributed by atoms with E-state index in [1.807, 2.05) is 17.0 Å². The number of nitrogens with one attached hydrogen (secondary N) is 1. The predicted octanol–water partition coefficient (Wildman–Crippen LogP) is 4.14. The van der Waals surface area contributed by atoms with Crippen LogP contribution in [0.1, 0.15) is 52.5 Å². The van der Waals surface area contributed by atoms with Crippen LogP contribution in [0.3, 0.4) is 0 Å². The fourth-order valence-electron chi connectivity index (χ4n) is 3.51. The molecule has 0 saturated carbocycles. The third kappa shape index (κ3) is 4.70. The van der Waals surface area contributed by atoms with Crippen molar-refractivity contribution in [2.45, 2.75) is 32.6 Å². The third-order valence-corrected chi connectivity index (χ3v) is 5.27. The van der Waals surface area contributed by atoms with E-state index in [4.69, 9.17) is 9.47 Å². The van der Waals surface area contributed by atoms with Crippen LogP contribution in [0.25, 0.3) is 0 Å². The highest BCUT2D eigenvalue weighted by Crippen LogP contribution is 2.34. The van der Waals surface area contributed by atoms with Crippen molar-refractivity contribution < 1.29 is 19.1 Å². The van der Waals surface area contributed by atoms with E-state index in [0.29, 0.717) is 28.3 Å². The van der Waals surface area contributed by atoms with Gasteiger partial charge < -0.3 is 19.7 Å². The summed E-state index contributed by atoms with van der Waals surface area (Å²) < 4.78 is 10.7. The van der Waals surface area contributed by atoms with Gasteiger partial charge >= 0.3 is 0 Å². The van der Waals surface area contributed by atoms with E-state index in [0.717, 1.165) is 44.3 Å². The number of ether oxygens (including phenoxy) is 2. The number of piperidine rings is 1. The van der Waals surface area contributed by atoms with E-state index < -0.39 is 0 Å². The summed E-state index contributed by atoms with van der Waals surface area (Å²) in [5.74, 6) is 0.535. The first-order chi connectivity index (χ1) is 14.1. The topological polar surface area (TPSA) is 67.9 Å². The first-order valence-electron chi connectivity index (χ1n) is 10.0. The van der Waals surface area contributed by atoms with Crippen LogP contribution in [0, 0.1) is 0 Å². The predicted molar refractivity (Wildman–Crippen MR) is 113 cm³/mol. The van der Waals surface area contributed by atoms with Crippen molar-refractivity contribution in [3.05, 3.63) is 53.1 Å². The van der Waals surface area contributed by atoms with E-state index in [1.54, 1.807) is 24.3 Å². The smallest absolute Gasteiger partial charge is 0.256 e. The Morgan fingerprint density at radius 2 is 1.59 bits per heavy atom. The van der Waals surface area contributed by atoms with Crippen LogP contribution in [0.2, 0.25) is 0 Å². The summed E-state index contributed by atoms with van der Waals surface area (Å²) in [4.78, 5) is 27.8. The minimum absolute atomic E-state index is 0.109. The maximum absolute atomic E-state index is 13.2. The highest BCUT2D eigenvalue weighted by Gasteiger charge is 2.24. The number of hydrogen-bond donors (Lipinski definition) is 1. The van der Waals surface area contributed by atoms with Crippen molar-refractivity contribution in [3.8, 4) is 11.5 Å². The zero-order chi connectivity index (χ0) is 20.8. The molecule has 0 bridgehead atoms. The van der Waals surface area contributed by atoms with Crippen LogP contribution >= 0.6 is 0 Å². The standard InChI is InChI=1S/C23H28N2O4/c1-4-16-8-10-17(11-9-16)22(26)24-19-15-21(29-3)20(28-2)14-18(19)23(27)25-12-6-5-7-13-25/h8-11,14-15H,4-7,12-13H2,1-3H3,(H,24,26). The second-order valence-corrected chi connectivity index (χ2v) is 7.11. The average Bonchev–Trinajstić information content (AvgIpc) is 2.78. The van der Waals surface area contributed by atoms with Gasteiger partial charge in [-0.15, -0.1) is 0 Å². The summed E-state index contributed by atoms with van der Waals surface area (Å²) in [5.41, 5.74) is 2.52. The molecule has 1 aliphatic rings. The molecule has 1 saturated heterocycles. The molecule has 1 fully saturated rings. The highest BCUT2D eigenvalue weighted by molar-refractivity contribution is 6.09. The molecule has 0 atom stereocenters. The van der Waals surface area contributed by atoms with Crippen molar-refractivity contribution in [3.63, 3.8) is 0 Å². The van der Waals surface area contributed by atoms with Crippen molar-refractivity contribution in [2.24, 2.45) is 0 Å². The summed E-state index contributed by atoms with van der Waals surface area (Å²) in [6.07, 6.45) is 4.02. The van der Waals surface area contributed by atoms with Crippen LogP contribution in [-0.2, 0) is 6.42 Å². The molecule has 1 heterocycles. The summed E-state index contributed by atoms with van der Waals surface area (Å²) in [6.45, 7) is 3.51. The van der Waals surface area contributed by atoms with Crippen LogP contribution in [-0.4, -0.2) is 44.0 Å². The zero-order valence-corrected chi connectivity index (χ0v) is 17.3. The molecular formula is C23H28N2O4. The van der Waals surface area contributed by atoms with Gasteiger partial charge in [0.1, 0.15) is 0 Å². The number of methoxy groups -OCH3 is 2. The number of benzene rings is 2. The molecule has 0 spiro atoms. The maximum Gasteiger partial charge on any atom is 0.256 e. The second-order valence-electron chi connectivity index (χ2n) is 7.11. The van der Waals surface area contributed by atoms with Gasteiger partial charge in [0.15, 0.2) is 11.5 Å². The summed E-state index contributed by atoms with van der Waals surface area (Å²) in [7, 11) is 3.06. The lowest BCUT2D eigenvalue weighted by atomic mass is 10.1. The molecule has 2 aromatic carbocycles. The third-order valence-electron chi connectivity index (χ3n) is 5.27. The fraction of sp³-hybridized carbons (Fsp3) is 0.391. The molecule has 2 amide bonds. The SMILES string of the molecule is CCc1ccc(C(=O)Nc2cc(OC)c(OC)cc2C(=O)N2CCCCC2)cc1. The molecule has 0 radical (unpaired) electrons. The van der Waals surface area contributed by atoms with Gasteiger partial charge in [0, 0.05) is 24.7 Å². The minimum atomic E-state index is -0.271. The van der Waals surface area contributed by atoms with Crippen LogP contribution in [0.4, 0.5) is 5.69 Å². The second kappa shape index (κ2) is 9.45. The molecule has 0 aliphatic carbocycles. The quantitative estimate of drug-likeness (QED) is 0.797. The Morgan fingerprint density at radius 3 is 2.17 bits per heavy atom. The first-order valence-corrected chi connectivity index (χ1v) is 10.0. The molecule has 6 nitrogen and oxygen atoms in total. The van der Waals surface area contributed by atoms with Gasteiger partial charge in [-0.2, -0.15) is 0 Å². The van der Waals surface area contributed by atoms with Gasteiger partial charge in [-0.3, -0.25) is 9.59 Å². The summed E-state index contributed by atoms with van der Waals surface area (Å²) in [6, 6.07) is 10.7. The van der Waals surface area contributed by atoms with Crippen molar-refractivity contribution in [1.82, 2.24) is 4.90 Å². The number of rotatable bonds is 6. The van der Waals surface area contributed by atoms with Crippen molar-refractivity contribution >= 4 is 17.5 Å². The largest absolute Gasteiger partial charge is 0.493 e. The van der Waals surface area contributed by atoms with Crippen molar-refractivity contribution in [2.75, 3.05) is 32.6 Å². The van der Waals surface area contributed by atoms with E-state index in [2.05, 4.69) is 12.2 Å². The van der Waals surface area contributed by atoms with Gasteiger partial charge in [-0.1, -0.05) is 19.1 Å². The molecule has 2 aromatic rings. The Balaban J connectivity index is 1.93. The van der Waals surface area contributed by atoms with Crippen LogP contribution in [0.5, 0.6) is 11.5 Å². The summed E-state index contributed by atoms with van der Waals surface area (Å²) >= 11 is 0. The number of carbonyl (C=O) groups excluding carboxylic acids is 2. The first kappa shape index (κ1) is 20.7. The minimum Gasteiger partial charge on any atom is -0.493 e. The molecule has 29 heavy (non-hydrogen) atoms. The van der Waals surface area contributed by atoms with Gasteiger partial charge in [-0.25, -0.2) is 0 Å². The number of amides is 2. The molecule has 154 valence electrons. The number of hydrogen-bond acceptors (Lipinski definition) is 4. The molecule has 0 aromatic heterocycles. The molecule has 1 N–H and O–H groups in total. The molecular weight excluding hydrogens is 368 g/mol. The van der Waals surface area contributed by atoms with E-state index in [9.17, 15) is 9.59 Å². The number of aryl methyl sites for hydroxylation is 1. The molecule has 1 aliphatic heterocycles. The Hall–Kier alpha value is -3.02. The van der Waals surface area contributed by atoms with Gasteiger partial charge in [0.2, 0.25) is 0 Å². The lowest BCUT2D eigenvalue weighted by molar-refractivity contribution is 0.0725. The van der Waals surface area contributed by atoms with E-state index in [-0.39, 0.29) is 11.8 Å². The Bertz CT molecular complexity index is 871. The van der Waals surface area contributed by atoms with Gasteiger partial charge in [0.05, 0.1) is 25.5 Å². The van der Waals surface area contributed by atoms with Crippen LogP contribution in [0.15, 0.2) is 36.4 Å². The average molecular weight is 396 g/mol. The Morgan fingerprint density at radius 1 is 0.966 bits per heavy atom. The van der Waals surface area contributed by atoms with Crippen molar-refractivity contribution in [1.29, 1.82) is 0 Å². The number of likely N-dealkylation sites (tertiary alicyclic amines) is 1. The lowest BCUT2D eigenvalue weighted by Crippen LogP contribution is -2.36. The maximum atomic E-state index is 13.2. The van der Waals surface area contributed by atoms with Gasteiger partial charge in [0.25, 0.3) is 11.8 Å². The molecule has 3 rings (SSSR count). The zero-order valence-electron chi connectivity index (χ0n) is 17.3. The lowest BCUT2D eigenvalue weighted by Gasteiger charge is -2.28. The fourth-order valence-corrected chi connectivity index (χ4v) is 3.51. The number of nitrogens with zero attached hydrogens (tertiary/aromatic N) is 1. The number of anilines is 1.